The summed E-state index contributed by atoms with van der Waals surface area (Å²) in [6, 6.07) is 15.6. The van der Waals surface area contributed by atoms with Gasteiger partial charge in [-0.3, -0.25) is 0 Å². The Hall–Kier alpha value is -2.17. The van der Waals surface area contributed by atoms with E-state index in [-0.39, 0.29) is 0 Å². The molecule has 0 saturated heterocycles. The average Bonchev–Trinajstić information content (AvgIpc) is 2.98. The maximum absolute atomic E-state index is 6.10. The molecule has 3 aromatic rings. The molecule has 0 unspecified atom stereocenters. The fraction of sp³-hybridized carbons (Fsp3) is 0.0667. The van der Waals surface area contributed by atoms with Gasteiger partial charge in [0.2, 0.25) is 0 Å². The Morgan fingerprint density at radius 1 is 1.10 bits per heavy atom. The Morgan fingerprint density at radius 2 is 1.90 bits per heavy atom. The molecule has 0 amide bonds. The van der Waals surface area contributed by atoms with Crippen molar-refractivity contribution in [1.82, 2.24) is 15.0 Å². The highest BCUT2D eigenvalue weighted by atomic mass is 35.5. The van der Waals surface area contributed by atoms with Crippen LogP contribution in [0.15, 0.2) is 54.7 Å². The second kappa shape index (κ2) is 5.45. The molecule has 0 aliphatic rings. The van der Waals surface area contributed by atoms with Crippen LogP contribution in [0.2, 0.25) is 5.02 Å². The van der Waals surface area contributed by atoms with Gasteiger partial charge >= 0.3 is 0 Å². The summed E-state index contributed by atoms with van der Waals surface area (Å²) in [7, 11) is 0. The minimum absolute atomic E-state index is 0.402. The fourth-order valence-electron chi connectivity index (χ4n) is 2.08. The molecule has 0 saturated carbocycles. The SMILES string of the molecule is NCc1cc(-c2cnnn2-c2ccccc2)ccc1Cl. The van der Waals surface area contributed by atoms with Gasteiger partial charge in [-0.15, -0.1) is 5.10 Å². The highest BCUT2D eigenvalue weighted by molar-refractivity contribution is 6.31. The predicted molar refractivity (Wildman–Crippen MR) is 79.7 cm³/mol. The molecule has 2 N–H and O–H groups in total. The van der Waals surface area contributed by atoms with E-state index in [9.17, 15) is 0 Å². The molecular formula is C15H13ClN4. The molecule has 3 rings (SSSR count). The van der Waals surface area contributed by atoms with Gasteiger partial charge in [-0.1, -0.05) is 41.1 Å². The van der Waals surface area contributed by atoms with Gasteiger partial charge in [-0.05, 0) is 29.8 Å². The van der Waals surface area contributed by atoms with E-state index in [4.69, 9.17) is 17.3 Å². The van der Waals surface area contributed by atoms with Crippen LogP contribution >= 0.6 is 11.6 Å². The Labute approximate surface area is 121 Å². The number of benzene rings is 2. The summed E-state index contributed by atoms with van der Waals surface area (Å²) < 4.78 is 1.80. The molecule has 0 atom stereocenters. The number of hydrogen-bond acceptors (Lipinski definition) is 3. The van der Waals surface area contributed by atoms with Crippen molar-refractivity contribution in [3.05, 3.63) is 65.3 Å². The summed E-state index contributed by atoms with van der Waals surface area (Å²) in [5.74, 6) is 0. The van der Waals surface area contributed by atoms with Gasteiger partial charge in [-0.25, -0.2) is 4.68 Å². The molecule has 100 valence electrons. The summed E-state index contributed by atoms with van der Waals surface area (Å²) in [5.41, 5.74) is 9.46. The van der Waals surface area contributed by atoms with E-state index in [1.807, 2.05) is 48.5 Å². The predicted octanol–water partition coefficient (Wildman–Crippen LogP) is 3.05. The minimum Gasteiger partial charge on any atom is -0.326 e. The zero-order valence-corrected chi connectivity index (χ0v) is 11.5. The van der Waals surface area contributed by atoms with Crippen molar-refractivity contribution in [2.75, 3.05) is 0 Å². The summed E-state index contributed by atoms with van der Waals surface area (Å²) in [5, 5.41) is 8.82. The summed E-state index contributed by atoms with van der Waals surface area (Å²) in [6.07, 6.45) is 1.73. The molecule has 1 heterocycles. The standard InChI is InChI=1S/C15H13ClN4/c16-14-7-6-11(8-12(14)9-17)15-10-18-19-20(15)13-4-2-1-3-5-13/h1-8,10H,9,17H2. The third kappa shape index (κ3) is 2.31. The highest BCUT2D eigenvalue weighted by Crippen LogP contribution is 2.26. The van der Waals surface area contributed by atoms with Crippen LogP contribution in [0.25, 0.3) is 16.9 Å². The molecule has 1 aromatic heterocycles. The number of rotatable bonds is 3. The highest BCUT2D eigenvalue weighted by Gasteiger charge is 2.10. The van der Waals surface area contributed by atoms with Crippen LogP contribution in [0, 0.1) is 0 Å². The number of aromatic nitrogens is 3. The molecule has 0 fully saturated rings. The van der Waals surface area contributed by atoms with Crippen LogP contribution in [-0.4, -0.2) is 15.0 Å². The van der Waals surface area contributed by atoms with Gasteiger partial charge in [0.1, 0.15) is 0 Å². The van der Waals surface area contributed by atoms with E-state index in [1.165, 1.54) is 0 Å². The average molecular weight is 285 g/mol. The Balaban J connectivity index is 2.10. The number of para-hydroxylation sites is 1. The van der Waals surface area contributed by atoms with Gasteiger partial charge < -0.3 is 5.73 Å². The molecule has 2 aromatic carbocycles. The first kappa shape index (κ1) is 12.8. The van der Waals surface area contributed by atoms with Crippen LogP contribution in [0.4, 0.5) is 0 Å². The van der Waals surface area contributed by atoms with Crippen LogP contribution in [0.3, 0.4) is 0 Å². The van der Waals surface area contributed by atoms with Gasteiger partial charge in [0.25, 0.3) is 0 Å². The first-order chi connectivity index (χ1) is 9.79. The number of halogens is 1. The van der Waals surface area contributed by atoms with Crippen molar-refractivity contribution in [1.29, 1.82) is 0 Å². The lowest BCUT2D eigenvalue weighted by Crippen LogP contribution is -2.01. The normalized spacial score (nSPS) is 10.7. The molecule has 0 bridgehead atoms. The zero-order chi connectivity index (χ0) is 13.9. The monoisotopic (exact) mass is 284 g/mol. The van der Waals surface area contributed by atoms with Crippen molar-refractivity contribution < 1.29 is 0 Å². The smallest absolute Gasteiger partial charge is 0.0944 e. The van der Waals surface area contributed by atoms with E-state index in [2.05, 4.69) is 10.3 Å². The van der Waals surface area contributed by atoms with E-state index >= 15 is 0 Å². The van der Waals surface area contributed by atoms with E-state index in [1.54, 1.807) is 10.9 Å². The molecular weight excluding hydrogens is 272 g/mol. The molecule has 0 spiro atoms. The maximum atomic E-state index is 6.10. The minimum atomic E-state index is 0.402. The van der Waals surface area contributed by atoms with E-state index in [0.29, 0.717) is 11.6 Å². The molecule has 20 heavy (non-hydrogen) atoms. The molecule has 5 heteroatoms. The van der Waals surface area contributed by atoms with Crippen molar-refractivity contribution >= 4 is 11.6 Å². The lowest BCUT2D eigenvalue weighted by Gasteiger charge is -2.08. The molecule has 4 nitrogen and oxygen atoms in total. The number of nitrogens with two attached hydrogens (primary N) is 1. The van der Waals surface area contributed by atoms with Crippen LogP contribution in [0.1, 0.15) is 5.56 Å². The van der Waals surface area contributed by atoms with Crippen molar-refractivity contribution in [3.8, 4) is 16.9 Å². The molecule has 0 aliphatic carbocycles. The Morgan fingerprint density at radius 3 is 2.65 bits per heavy atom. The lowest BCUT2D eigenvalue weighted by atomic mass is 10.1. The first-order valence-electron chi connectivity index (χ1n) is 6.24. The maximum Gasteiger partial charge on any atom is 0.0944 e. The Bertz CT molecular complexity index is 722. The van der Waals surface area contributed by atoms with Crippen LogP contribution in [0.5, 0.6) is 0 Å². The van der Waals surface area contributed by atoms with Crippen molar-refractivity contribution in [3.63, 3.8) is 0 Å². The van der Waals surface area contributed by atoms with Crippen LogP contribution < -0.4 is 5.73 Å². The number of hydrogen-bond donors (Lipinski definition) is 1. The molecule has 0 radical (unpaired) electrons. The van der Waals surface area contributed by atoms with Crippen molar-refractivity contribution in [2.45, 2.75) is 6.54 Å². The lowest BCUT2D eigenvalue weighted by molar-refractivity contribution is 0.808. The number of nitrogens with zero attached hydrogens (tertiary/aromatic N) is 3. The van der Waals surface area contributed by atoms with Gasteiger partial charge in [0, 0.05) is 17.1 Å². The van der Waals surface area contributed by atoms with Gasteiger partial charge in [0.15, 0.2) is 0 Å². The van der Waals surface area contributed by atoms with Crippen LogP contribution in [-0.2, 0) is 6.54 Å². The summed E-state index contributed by atoms with van der Waals surface area (Å²) in [4.78, 5) is 0. The van der Waals surface area contributed by atoms with Gasteiger partial charge in [-0.2, -0.15) is 0 Å². The topological polar surface area (TPSA) is 56.7 Å². The fourth-order valence-corrected chi connectivity index (χ4v) is 2.28. The third-order valence-electron chi connectivity index (χ3n) is 3.11. The first-order valence-corrected chi connectivity index (χ1v) is 6.62. The van der Waals surface area contributed by atoms with Gasteiger partial charge in [0.05, 0.1) is 17.6 Å². The quantitative estimate of drug-likeness (QED) is 0.804. The second-order valence-electron chi connectivity index (χ2n) is 4.38. The summed E-state index contributed by atoms with van der Waals surface area (Å²) >= 11 is 6.10. The second-order valence-corrected chi connectivity index (χ2v) is 4.78. The third-order valence-corrected chi connectivity index (χ3v) is 3.48. The largest absolute Gasteiger partial charge is 0.326 e. The summed E-state index contributed by atoms with van der Waals surface area (Å²) in [6.45, 7) is 0.402. The van der Waals surface area contributed by atoms with E-state index < -0.39 is 0 Å². The zero-order valence-electron chi connectivity index (χ0n) is 10.7. The van der Waals surface area contributed by atoms with Crippen molar-refractivity contribution in [2.24, 2.45) is 5.73 Å². The molecule has 0 aliphatic heterocycles. The Kier molecular flexibility index (Phi) is 3.50. The van der Waals surface area contributed by atoms with E-state index in [0.717, 1.165) is 22.5 Å².